The Balaban J connectivity index is 1.92. The van der Waals surface area contributed by atoms with E-state index in [1.165, 1.54) is 6.08 Å². The summed E-state index contributed by atoms with van der Waals surface area (Å²) in [5, 5.41) is 1.39. The largest absolute Gasteiger partial charge is 0.289 e. The monoisotopic (exact) mass is 293 g/mol. The van der Waals surface area contributed by atoms with Crippen LogP contribution in [0.5, 0.6) is 0 Å². The average Bonchev–Trinajstić information content (AvgIpc) is 2.53. The number of pyridine rings is 1. The second-order valence-corrected chi connectivity index (χ2v) is 4.98. The Bertz CT molecular complexity index is 825. The summed E-state index contributed by atoms with van der Waals surface area (Å²) in [6.45, 7) is 0. The van der Waals surface area contributed by atoms with E-state index in [2.05, 4.69) is 4.98 Å². The SMILES string of the molecule is O=C(/C=C\c1cc2ccccc2nc1Cl)c1ccccc1. The number of allylic oxidation sites excluding steroid dienone is 1. The Labute approximate surface area is 127 Å². The maximum Gasteiger partial charge on any atom is 0.185 e. The molecule has 1 heterocycles. The van der Waals surface area contributed by atoms with Crippen molar-refractivity contribution < 1.29 is 4.79 Å². The zero-order chi connectivity index (χ0) is 14.7. The molecule has 0 aliphatic rings. The minimum Gasteiger partial charge on any atom is -0.289 e. The molecule has 0 saturated carbocycles. The predicted molar refractivity (Wildman–Crippen MR) is 86.6 cm³/mol. The smallest absolute Gasteiger partial charge is 0.185 e. The molecule has 0 spiro atoms. The molecule has 0 amide bonds. The van der Waals surface area contributed by atoms with Gasteiger partial charge < -0.3 is 0 Å². The van der Waals surface area contributed by atoms with Gasteiger partial charge in [0.05, 0.1) is 5.52 Å². The van der Waals surface area contributed by atoms with Crippen LogP contribution in [0.25, 0.3) is 17.0 Å². The van der Waals surface area contributed by atoms with E-state index in [0.717, 1.165) is 16.5 Å². The number of fused-ring (bicyclic) bond motifs is 1. The van der Waals surface area contributed by atoms with Gasteiger partial charge in [-0.25, -0.2) is 4.98 Å². The van der Waals surface area contributed by atoms with Gasteiger partial charge in [0, 0.05) is 16.5 Å². The lowest BCUT2D eigenvalue weighted by molar-refractivity contribution is 0.104. The van der Waals surface area contributed by atoms with Gasteiger partial charge >= 0.3 is 0 Å². The summed E-state index contributed by atoms with van der Waals surface area (Å²) in [5.41, 5.74) is 2.23. The van der Waals surface area contributed by atoms with Crippen molar-refractivity contribution in [1.82, 2.24) is 4.98 Å². The fourth-order valence-electron chi connectivity index (χ4n) is 2.09. The van der Waals surface area contributed by atoms with Crippen LogP contribution in [0.1, 0.15) is 15.9 Å². The molecule has 0 atom stereocenters. The van der Waals surface area contributed by atoms with E-state index in [-0.39, 0.29) is 5.78 Å². The number of benzene rings is 2. The van der Waals surface area contributed by atoms with E-state index in [1.54, 1.807) is 18.2 Å². The van der Waals surface area contributed by atoms with Gasteiger partial charge in [-0.2, -0.15) is 0 Å². The summed E-state index contributed by atoms with van der Waals surface area (Å²) in [7, 11) is 0. The van der Waals surface area contributed by atoms with Crippen molar-refractivity contribution in [1.29, 1.82) is 0 Å². The molecule has 0 saturated heterocycles. The summed E-state index contributed by atoms with van der Waals surface area (Å²) in [4.78, 5) is 16.4. The molecule has 3 heteroatoms. The van der Waals surface area contributed by atoms with E-state index in [0.29, 0.717) is 10.7 Å². The third kappa shape index (κ3) is 3.01. The van der Waals surface area contributed by atoms with Crippen LogP contribution in [0.3, 0.4) is 0 Å². The van der Waals surface area contributed by atoms with Crippen LogP contribution in [0.4, 0.5) is 0 Å². The lowest BCUT2D eigenvalue weighted by Gasteiger charge is -2.01. The van der Waals surface area contributed by atoms with Gasteiger partial charge in [0.1, 0.15) is 5.15 Å². The van der Waals surface area contributed by atoms with Gasteiger partial charge in [0.2, 0.25) is 0 Å². The van der Waals surface area contributed by atoms with Crippen molar-refractivity contribution >= 4 is 34.4 Å². The molecule has 102 valence electrons. The molecular formula is C18H12ClNO. The second kappa shape index (κ2) is 5.90. The van der Waals surface area contributed by atoms with E-state index >= 15 is 0 Å². The molecule has 0 bridgehead atoms. The molecule has 1 aromatic heterocycles. The highest BCUT2D eigenvalue weighted by Crippen LogP contribution is 2.21. The topological polar surface area (TPSA) is 30.0 Å². The van der Waals surface area contributed by atoms with Crippen molar-refractivity contribution in [3.63, 3.8) is 0 Å². The summed E-state index contributed by atoms with van der Waals surface area (Å²) < 4.78 is 0. The maximum atomic E-state index is 12.0. The van der Waals surface area contributed by atoms with Crippen LogP contribution in [-0.4, -0.2) is 10.8 Å². The van der Waals surface area contributed by atoms with Crippen LogP contribution in [-0.2, 0) is 0 Å². The minimum absolute atomic E-state index is 0.0557. The summed E-state index contributed by atoms with van der Waals surface area (Å²) in [5.74, 6) is -0.0557. The molecule has 0 aliphatic heterocycles. The summed E-state index contributed by atoms with van der Waals surface area (Å²) in [6.07, 6.45) is 3.23. The number of hydrogen-bond donors (Lipinski definition) is 0. The molecule has 2 nitrogen and oxygen atoms in total. The van der Waals surface area contributed by atoms with Gasteiger partial charge in [-0.15, -0.1) is 0 Å². The molecular weight excluding hydrogens is 282 g/mol. The fourth-order valence-corrected chi connectivity index (χ4v) is 2.30. The van der Waals surface area contributed by atoms with E-state index in [1.807, 2.05) is 48.5 Å². The van der Waals surface area contributed by atoms with Crippen molar-refractivity contribution in [2.24, 2.45) is 0 Å². The normalized spacial score (nSPS) is 11.1. The van der Waals surface area contributed by atoms with Gasteiger partial charge in [-0.05, 0) is 24.3 Å². The minimum atomic E-state index is -0.0557. The first kappa shape index (κ1) is 13.5. The molecule has 21 heavy (non-hydrogen) atoms. The zero-order valence-corrected chi connectivity index (χ0v) is 11.9. The number of nitrogens with zero attached hydrogens (tertiary/aromatic N) is 1. The molecule has 0 radical (unpaired) electrons. The second-order valence-electron chi connectivity index (χ2n) is 4.62. The molecule has 0 fully saturated rings. The Hall–Kier alpha value is -2.45. The zero-order valence-electron chi connectivity index (χ0n) is 11.2. The number of aromatic nitrogens is 1. The molecule has 0 N–H and O–H groups in total. The Morgan fingerprint density at radius 2 is 1.71 bits per heavy atom. The highest BCUT2D eigenvalue weighted by atomic mass is 35.5. The Kier molecular flexibility index (Phi) is 3.80. The summed E-state index contributed by atoms with van der Waals surface area (Å²) in [6, 6.07) is 18.8. The third-order valence-corrected chi connectivity index (χ3v) is 3.48. The Morgan fingerprint density at radius 3 is 2.52 bits per heavy atom. The highest BCUT2D eigenvalue weighted by Gasteiger charge is 2.04. The van der Waals surface area contributed by atoms with Crippen molar-refractivity contribution in [3.8, 4) is 0 Å². The molecule has 2 aromatic carbocycles. The van der Waals surface area contributed by atoms with Crippen LogP contribution in [0.2, 0.25) is 5.15 Å². The maximum absolute atomic E-state index is 12.0. The van der Waals surface area contributed by atoms with Crippen molar-refractivity contribution in [2.75, 3.05) is 0 Å². The molecule has 0 unspecified atom stereocenters. The molecule has 3 aromatic rings. The first-order valence-corrected chi connectivity index (χ1v) is 6.94. The quantitative estimate of drug-likeness (QED) is 0.395. The number of hydrogen-bond acceptors (Lipinski definition) is 2. The fraction of sp³-hybridized carbons (Fsp3) is 0. The number of carbonyl (C=O) groups excluding carboxylic acids is 1. The van der Waals surface area contributed by atoms with Crippen LogP contribution in [0.15, 0.2) is 66.7 Å². The Morgan fingerprint density at radius 1 is 1.00 bits per heavy atom. The first-order valence-electron chi connectivity index (χ1n) is 6.57. The van der Waals surface area contributed by atoms with Crippen LogP contribution < -0.4 is 0 Å². The summed E-state index contributed by atoms with van der Waals surface area (Å²) >= 11 is 6.16. The lowest BCUT2D eigenvalue weighted by Crippen LogP contribution is -1.93. The molecule has 0 aliphatic carbocycles. The average molecular weight is 294 g/mol. The van der Waals surface area contributed by atoms with Crippen molar-refractivity contribution in [2.45, 2.75) is 0 Å². The van der Waals surface area contributed by atoms with E-state index in [4.69, 9.17) is 11.6 Å². The van der Waals surface area contributed by atoms with Crippen LogP contribution >= 0.6 is 11.6 Å². The number of halogens is 1. The lowest BCUT2D eigenvalue weighted by atomic mass is 10.1. The number of rotatable bonds is 3. The van der Waals surface area contributed by atoms with Gasteiger partial charge in [-0.1, -0.05) is 60.1 Å². The standard InChI is InChI=1S/C18H12ClNO/c19-18-15(12-14-8-4-5-9-16(14)20-18)10-11-17(21)13-6-2-1-3-7-13/h1-12H/b11-10-. The number of ketones is 1. The van der Waals surface area contributed by atoms with E-state index in [9.17, 15) is 4.79 Å². The molecule has 3 rings (SSSR count). The van der Waals surface area contributed by atoms with Crippen LogP contribution in [0, 0.1) is 0 Å². The predicted octanol–water partition coefficient (Wildman–Crippen LogP) is 4.78. The van der Waals surface area contributed by atoms with Crippen molar-refractivity contribution in [3.05, 3.63) is 83.0 Å². The number of carbonyl (C=O) groups is 1. The van der Waals surface area contributed by atoms with Gasteiger partial charge in [0.25, 0.3) is 0 Å². The van der Waals surface area contributed by atoms with E-state index < -0.39 is 0 Å². The van der Waals surface area contributed by atoms with Gasteiger partial charge in [0.15, 0.2) is 5.78 Å². The third-order valence-electron chi connectivity index (χ3n) is 3.18. The number of para-hydroxylation sites is 1. The van der Waals surface area contributed by atoms with Gasteiger partial charge in [-0.3, -0.25) is 4.79 Å². The first-order chi connectivity index (χ1) is 10.2. The highest BCUT2D eigenvalue weighted by molar-refractivity contribution is 6.31.